The van der Waals surface area contributed by atoms with Gasteiger partial charge in [-0.1, -0.05) is 72.8 Å². The summed E-state index contributed by atoms with van der Waals surface area (Å²) >= 11 is 0. The summed E-state index contributed by atoms with van der Waals surface area (Å²) in [6.45, 7) is 0. The van der Waals surface area contributed by atoms with E-state index in [1.54, 1.807) is 12.1 Å². The molecule has 5 heteroatoms. The van der Waals surface area contributed by atoms with Crippen LogP contribution in [0.15, 0.2) is 102 Å². The number of nitro benzene ring substituents is 1. The summed E-state index contributed by atoms with van der Waals surface area (Å²) in [4.78, 5) is 10.3. The quantitative estimate of drug-likeness (QED) is 0.326. The number of allylic oxidation sites excluding steroid dienone is 2. The van der Waals surface area contributed by atoms with E-state index < -0.39 is 4.92 Å². The van der Waals surface area contributed by atoms with E-state index in [9.17, 15) is 10.1 Å². The Kier molecular flexibility index (Phi) is 6.47. The van der Waals surface area contributed by atoms with Gasteiger partial charge in [-0.3, -0.25) is 15.5 Å². The van der Waals surface area contributed by atoms with Gasteiger partial charge >= 0.3 is 0 Å². The van der Waals surface area contributed by atoms with E-state index in [1.165, 1.54) is 12.1 Å². The van der Waals surface area contributed by atoms with Crippen molar-refractivity contribution in [3.8, 4) is 0 Å². The Balaban J connectivity index is 1.80. The van der Waals surface area contributed by atoms with E-state index >= 15 is 0 Å². The fourth-order valence-corrected chi connectivity index (χ4v) is 2.41. The third-order valence-electron chi connectivity index (χ3n) is 3.88. The zero-order valence-corrected chi connectivity index (χ0v) is 15.1. The van der Waals surface area contributed by atoms with Crippen LogP contribution in [0.4, 0.5) is 11.4 Å². The topological polar surface area (TPSA) is 67.5 Å². The molecule has 138 valence electrons. The number of hydrogen-bond acceptors (Lipinski definition) is 4. The molecule has 0 unspecified atom stereocenters. The van der Waals surface area contributed by atoms with Gasteiger partial charge < -0.3 is 0 Å². The predicted molar refractivity (Wildman–Crippen MR) is 115 cm³/mol. The van der Waals surface area contributed by atoms with Crippen molar-refractivity contribution >= 4 is 29.2 Å². The summed E-state index contributed by atoms with van der Waals surface area (Å²) in [5.74, 6) is 0. The van der Waals surface area contributed by atoms with Gasteiger partial charge in [0.15, 0.2) is 0 Å². The molecule has 0 aliphatic heterocycles. The first kappa shape index (κ1) is 18.8. The number of anilines is 1. The monoisotopic (exact) mass is 369 g/mol. The Morgan fingerprint density at radius 1 is 0.786 bits per heavy atom. The van der Waals surface area contributed by atoms with Crippen molar-refractivity contribution in [3.05, 3.63) is 118 Å². The van der Waals surface area contributed by atoms with Crippen LogP contribution in [0.5, 0.6) is 0 Å². The highest BCUT2D eigenvalue weighted by molar-refractivity contribution is 6.08. The molecule has 5 nitrogen and oxygen atoms in total. The first-order chi connectivity index (χ1) is 13.7. The lowest BCUT2D eigenvalue weighted by Crippen LogP contribution is -1.96. The van der Waals surface area contributed by atoms with Crippen LogP contribution >= 0.6 is 0 Å². The van der Waals surface area contributed by atoms with Gasteiger partial charge in [0, 0.05) is 12.1 Å². The normalized spacial score (nSPS) is 10.9. The maximum absolute atomic E-state index is 10.8. The molecule has 28 heavy (non-hydrogen) atoms. The standard InChI is InChI=1S/C23H19N3O2/c27-26(28)23-17-15-22(16-18-23)25-24-21(13-11-19-7-3-1-4-8-19)14-12-20-9-5-2-6-10-20/h1-18,25H/b13-11+,14-12+. The molecule has 1 N–H and O–H groups in total. The second-order valence-electron chi connectivity index (χ2n) is 5.94. The summed E-state index contributed by atoms with van der Waals surface area (Å²) in [6, 6.07) is 26.0. The molecule has 0 radical (unpaired) electrons. The minimum Gasteiger partial charge on any atom is -0.278 e. The Hall–Kier alpha value is -3.99. The number of nitrogens with one attached hydrogen (secondary N) is 1. The summed E-state index contributed by atoms with van der Waals surface area (Å²) in [6.07, 6.45) is 7.78. The first-order valence-corrected chi connectivity index (χ1v) is 8.75. The number of rotatable bonds is 7. The Labute approximate surface area is 163 Å². The summed E-state index contributed by atoms with van der Waals surface area (Å²) in [7, 11) is 0. The van der Waals surface area contributed by atoms with Crippen LogP contribution in [0.3, 0.4) is 0 Å². The molecule has 0 saturated heterocycles. The molecule has 0 spiro atoms. The van der Waals surface area contributed by atoms with Crippen molar-refractivity contribution in [1.29, 1.82) is 0 Å². The maximum atomic E-state index is 10.8. The van der Waals surface area contributed by atoms with Gasteiger partial charge in [-0.2, -0.15) is 5.10 Å². The average molecular weight is 369 g/mol. The van der Waals surface area contributed by atoms with Crippen LogP contribution < -0.4 is 5.43 Å². The molecule has 0 heterocycles. The molecule has 0 bridgehead atoms. The molecular formula is C23H19N3O2. The zero-order valence-electron chi connectivity index (χ0n) is 15.1. The van der Waals surface area contributed by atoms with Gasteiger partial charge in [0.25, 0.3) is 5.69 Å². The summed E-state index contributed by atoms with van der Waals surface area (Å²) in [5.41, 5.74) is 6.51. The Bertz CT molecular complexity index is 942. The molecule has 3 aromatic rings. The SMILES string of the molecule is O=[N+]([O-])c1ccc(NN=C(/C=C/c2ccccc2)/C=C/c2ccccc2)cc1. The minimum atomic E-state index is -0.427. The van der Waals surface area contributed by atoms with Gasteiger partial charge in [-0.25, -0.2) is 0 Å². The molecule has 0 atom stereocenters. The second kappa shape index (κ2) is 9.64. The second-order valence-corrected chi connectivity index (χ2v) is 5.94. The van der Waals surface area contributed by atoms with E-state index in [2.05, 4.69) is 10.5 Å². The van der Waals surface area contributed by atoms with E-state index in [0.29, 0.717) is 11.4 Å². The molecule has 3 aromatic carbocycles. The molecule has 0 aliphatic rings. The minimum absolute atomic E-state index is 0.0442. The fourth-order valence-electron chi connectivity index (χ4n) is 2.41. The lowest BCUT2D eigenvalue weighted by molar-refractivity contribution is -0.384. The number of hydrogen-bond donors (Lipinski definition) is 1. The molecular weight excluding hydrogens is 350 g/mol. The highest BCUT2D eigenvalue weighted by Gasteiger charge is 2.03. The van der Waals surface area contributed by atoms with Gasteiger partial charge in [-0.05, 0) is 35.4 Å². The highest BCUT2D eigenvalue weighted by atomic mass is 16.6. The molecule has 3 rings (SSSR count). The predicted octanol–water partition coefficient (Wildman–Crippen LogP) is 5.79. The Morgan fingerprint density at radius 3 is 1.75 bits per heavy atom. The number of non-ortho nitro benzene ring substituents is 1. The maximum Gasteiger partial charge on any atom is 0.269 e. The molecule has 0 aromatic heterocycles. The Morgan fingerprint density at radius 2 is 1.29 bits per heavy atom. The van der Waals surface area contributed by atoms with Gasteiger partial charge in [0.05, 0.1) is 16.3 Å². The van der Waals surface area contributed by atoms with E-state index in [4.69, 9.17) is 0 Å². The summed E-state index contributed by atoms with van der Waals surface area (Å²) in [5, 5.41) is 15.2. The number of hydrazone groups is 1. The van der Waals surface area contributed by atoms with Crippen molar-refractivity contribution in [2.24, 2.45) is 5.10 Å². The lowest BCUT2D eigenvalue weighted by Gasteiger charge is -2.02. The highest BCUT2D eigenvalue weighted by Crippen LogP contribution is 2.15. The number of benzene rings is 3. The average Bonchev–Trinajstić information content (AvgIpc) is 2.75. The van der Waals surface area contributed by atoms with Crippen molar-refractivity contribution < 1.29 is 4.92 Å². The van der Waals surface area contributed by atoms with Gasteiger partial charge in [0.1, 0.15) is 0 Å². The third-order valence-corrected chi connectivity index (χ3v) is 3.88. The van der Waals surface area contributed by atoms with Crippen LogP contribution in [0.25, 0.3) is 12.2 Å². The molecule has 0 fully saturated rings. The van der Waals surface area contributed by atoms with E-state index in [1.807, 2.05) is 85.0 Å². The van der Waals surface area contributed by atoms with Gasteiger partial charge in [0.2, 0.25) is 0 Å². The van der Waals surface area contributed by atoms with E-state index in [-0.39, 0.29) is 5.69 Å². The van der Waals surface area contributed by atoms with E-state index in [0.717, 1.165) is 11.1 Å². The molecule has 0 saturated carbocycles. The third kappa shape index (κ3) is 5.78. The van der Waals surface area contributed by atoms with Crippen LogP contribution in [-0.2, 0) is 0 Å². The largest absolute Gasteiger partial charge is 0.278 e. The first-order valence-electron chi connectivity index (χ1n) is 8.75. The lowest BCUT2D eigenvalue weighted by atomic mass is 10.1. The number of nitrogens with zero attached hydrogens (tertiary/aromatic N) is 2. The van der Waals surface area contributed by atoms with Crippen LogP contribution in [0.2, 0.25) is 0 Å². The van der Waals surface area contributed by atoms with Crippen LogP contribution in [-0.4, -0.2) is 10.6 Å². The molecule has 0 aliphatic carbocycles. The fraction of sp³-hybridized carbons (Fsp3) is 0. The van der Waals surface area contributed by atoms with Crippen molar-refractivity contribution in [2.75, 3.05) is 5.43 Å². The van der Waals surface area contributed by atoms with Crippen LogP contribution in [0, 0.1) is 10.1 Å². The smallest absolute Gasteiger partial charge is 0.269 e. The zero-order chi connectivity index (χ0) is 19.6. The van der Waals surface area contributed by atoms with Gasteiger partial charge in [-0.15, -0.1) is 0 Å². The molecule has 0 amide bonds. The van der Waals surface area contributed by atoms with Crippen molar-refractivity contribution in [1.82, 2.24) is 0 Å². The summed E-state index contributed by atoms with van der Waals surface area (Å²) < 4.78 is 0. The van der Waals surface area contributed by atoms with Crippen LogP contribution in [0.1, 0.15) is 11.1 Å². The van der Waals surface area contributed by atoms with Crippen molar-refractivity contribution in [3.63, 3.8) is 0 Å². The number of nitro groups is 1. The van der Waals surface area contributed by atoms with Crippen molar-refractivity contribution in [2.45, 2.75) is 0 Å².